The number of ether oxygens (including phenoxy) is 3. The van der Waals surface area contributed by atoms with Crippen molar-refractivity contribution in [2.75, 3.05) is 20.3 Å². The van der Waals surface area contributed by atoms with Crippen molar-refractivity contribution in [2.45, 2.75) is 51.9 Å². The average Bonchev–Trinajstić information content (AvgIpc) is 2.82. The lowest BCUT2D eigenvalue weighted by molar-refractivity contribution is -0.122. The third-order valence-corrected chi connectivity index (χ3v) is 6.36. The van der Waals surface area contributed by atoms with E-state index < -0.39 is 0 Å². The predicted octanol–water partition coefficient (Wildman–Crippen LogP) is 5.13. The third-order valence-electron chi connectivity index (χ3n) is 6.36. The minimum Gasteiger partial charge on any atom is -0.493 e. The van der Waals surface area contributed by atoms with Gasteiger partial charge < -0.3 is 19.5 Å². The number of amides is 1. The maximum absolute atomic E-state index is 13.4. The van der Waals surface area contributed by atoms with E-state index in [2.05, 4.69) is 19.2 Å². The van der Waals surface area contributed by atoms with Gasteiger partial charge in [0.05, 0.1) is 20.3 Å². The van der Waals surface area contributed by atoms with Crippen LogP contribution in [0.4, 0.5) is 0 Å². The molecule has 0 fully saturated rings. The normalized spacial score (nSPS) is 20.1. The number of rotatable bonds is 8. The summed E-state index contributed by atoms with van der Waals surface area (Å²) < 4.78 is 16.9. The van der Waals surface area contributed by atoms with Gasteiger partial charge in [0, 0.05) is 30.0 Å². The first-order valence-electron chi connectivity index (χ1n) is 12.0. The van der Waals surface area contributed by atoms with Crippen LogP contribution in [-0.2, 0) is 9.59 Å². The summed E-state index contributed by atoms with van der Waals surface area (Å²) in [6.45, 7) is 7.33. The number of carbonyl (C=O) groups excluding carboxylic acids is 2. The first-order valence-corrected chi connectivity index (χ1v) is 12.0. The SMILES string of the molecule is CCOc1ccc(C2CC(=O)C3=C(C2)NC(=O)CC3c2ccc(OCC(C)C)cc2)cc1OC. The van der Waals surface area contributed by atoms with Crippen molar-refractivity contribution in [2.24, 2.45) is 5.92 Å². The Bertz CT molecular complexity index is 1090. The van der Waals surface area contributed by atoms with E-state index in [9.17, 15) is 9.59 Å². The molecule has 1 aliphatic carbocycles. The Morgan fingerprint density at radius 1 is 0.941 bits per heavy atom. The third kappa shape index (κ3) is 5.11. The second kappa shape index (κ2) is 10.3. The first kappa shape index (κ1) is 23.9. The molecule has 0 bridgehead atoms. The number of benzene rings is 2. The number of allylic oxidation sites excluding steroid dienone is 2. The highest BCUT2D eigenvalue weighted by atomic mass is 16.5. The molecule has 2 aromatic rings. The van der Waals surface area contributed by atoms with Crippen molar-refractivity contribution in [3.05, 3.63) is 64.9 Å². The van der Waals surface area contributed by atoms with Crippen LogP contribution in [0, 0.1) is 5.92 Å². The van der Waals surface area contributed by atoms with Crippen LogP contribution in [-0.4, -0.2) is 32.0 Å². The molecular formula is C28H33NO5. The van der Waals surface area contributed by atoms with Gasteiger partial charge in [-0.2, -0.15) is 0 Å². The summed E-state index contributed by atoms with van der Waals surface area (Å²) in [6, 6.07) is 13.6. The number of hydrogen-bond acceptors (Lipinski definition) is 5. The Morgan fingerprint density at radius 2 is 1.68 bits per heavy atom. The van der Waals surface area contributed by atoms with Crippen LogP contribution < -0.4 is 19.5 Å². The van der Waals surface area contributed by atoms with Gasteiger partial charge in [0.1, 0.15) is 5.75 Å². The molecule has 4 rings (SSSR count). The maximum Gasteiger partial charge on any atom is 0.225 e. The summed E-state index contributed by atoms with van der Waals surface area (Å²) in [5.74, 6) is 2.35. The number of nitrogens with one attached hydrogen (secondary N) is 1. The summed E-state index contributed by atoms with van der Waals surface area (Å²) in [4.78, 5) is 26.0. The topological polar surface area (TPSA) is 73.9 Å². The van der Waals surface area contributed by atoms with Crippen molar-refractivity contribution in [1.82, 2.24) is 5.32 Å². The smallest absolute Gasteiger partial charge is 0.225 e. The fraction of sp³-hybridized carbons (Fsp3) is 0.429. The monoisotopic (exact) mass is 463 g/mol. The number of carbonyl (C=O) groups is 2. The molecule has 0 aromatic heterocycles. The molecule has 0 radical (unpaired) electrons. The molecule has 2 aliphatic rings. The second-order valence-electron chi connectivity index (χ2n) is 9.34. The standard InChI is InChI=1S/C28H33NO5/c1-5-33-25-11-8-19(14-26(25)32-4)20-12-23-28(24(30)13-20)22(15-27(31)29-23)18-6-9-21(10-7-18)34-16-17(2)3/h6-11,14,17,20,22H,5,12-13,15-16H2,1-4H3,(H,29,31). The molecule has 1 heterocycles. The predicted molar refractivity (Wildman–Crippen MR) is 130 cm³/mol. The van der Waals surface area contributed by atoms with Gasteiger partial charge in [-0.25, -0.2) is 0 Å². The molecule has 1 N–H and O–H groups in total. The van der Waals surface area contributed by atoms with E-state index >= 15 is 0 Å². The Hall–Kier alpha value is -3.28. The van der Waals surface area contributed by atoms with Crippen molar-refractivity contribution in [3.63, 3.8) is 0 Å². The van der Waals surface area contributed by atoms with Crippen LogP contribution in [0.1, 0.15) is 63.0 Å². The molecule has 0 spiro atoms. The highest BCUT2D eigenvalue weighted by molar-refractivity contribution is 6.02. The van der Waals surface area contributed by atoms with E-state index in [0.29, 0.717) is 43.5 Å². The highest BCUT2D eigenvalue weighted by Crippen LogP contribution is 2.44. The fourth-order valence-electron chi connectivity index (χ4n) is 4.75. The summed E-state index contributed by atoms with van der Waals surface area (Å²) in [6.07, 6.45) is 1.28. The Kier molecular flexibility index (Phi) is 7.25. The molecule has 0 saturated heterocycles. The molecule has 6 nitrogen and oxygen atoms in total. The van der Waals surface area contributed by atoms with Gasteiger partial charge in [-0.15, -0.1) is 0 Å². The van der Waals surface area contributed by atoms with Crippen LogP contribution in [0.2, 0.25) is 0 Å². The summed E-state index contributed by atoms with van der Waals surface area (Å²) >= 11 is 0. The quantitative estimate of drug-likeness (QED) is 0.587. The lowest BCUT2D eigenvalue weighted by Gasteiger charge is -2.34. The van der Waals surface area contributed by atoms with Gasteiger partial charge in [0.15, 0.2) is 17.3 Å². The Balaban J connectivity index is 1.59. The zero-order valence-corrected chi connectivity index (χ0v) is 20.4. The molecule has 0 saturated carbocycles. The van der Waals surface area contributed by atoms with E-state index in [0.717, 1.165) is 28.1 Å². The van der Waals surface area contributed by atoms with Gasteiger partial charge in [-0.3, -0.25) is 9.59 Å². The Labute approximate surface area is 201 Å². The van der Waals surface area contributed by atoms with Crippen molar-refractivity contribution in [3.8, 4) is 17.2 Å². The molecule has 6 heteroatoms. The minimum absolute atomic E-state index is 0.0262. The number of methoxy groups -OCH3 is 1. The van der Waals surface area contributed by atoms with Crippen molar-refractivity contribution < 1.29 is 23.8 Å². The van der Waals surface area contributed by atoms with Gasteiger partial charge in [-0.1, -0.05) is 32.0 Å². The molecule has 1 amide bonds. The summed E-state index contributed by atoms with van der Waals surface area (Å²) in [7, 11) is 1.61. The van der Waals surface area contributed by atoms with Crippen molar-refractivity contribution >= 4 is 11.7 Å². The van der Waals surface area contributed by atoms with E-state index in [1.807, 2.05) is 49.4 Å². The zero-order valence-electron chi connectivity index (χ0n) is 20.4. The first-order chi connectivity index (χ1) is 16.4. The number of Topliss-reactive ketones (excluding diaryl/α,β-unsaturated/α-hetero) is 1. The number of ketones is 1. The van der Waals surface area contributed by atoms with E-state index in [1.54, 1.807) is 7.11 Å². The summed E-state index contributed by atoms with van der Waals surface area (Å²) in [5, 5.41) is 2.99. The van der Waals surface area contributed by atoms with E-state index in [-0.39, 0.29) is 29.9 Å². The molecule has 2 unspecified atom stereocenters. The average molecular weight is 464 g/mol. The Morgan fingerprint density at radius 3 is 2.35 bits per heavy atom. The van der Waals surface area contributed by atoms with Crippen LogP contribution in [0.3, 0.4) is 0 Å². The molecule has 34 heavy (non-hydrogen) atoms. The van der Waals surface area contributed by atoms with Gasteiger partial charge in [0.2, 0.25) is 5.91 Å². The molecular weight excluding hydrogens is 430 g/mol. The van der Waals surface area contributed by atoms with Crippen LogP contribution in [0.25, 0.3) is 0 Å². The van der Waals surface area contributed by atoms with Gasteiger partial charge in [0.25, 0.3) is 0 Å². The minimum atomic E-state index is -0.230. The van der Waals surface area contributed by atoms with Crippen LogP contribution in [0.5, 0.6) is 17.2 Å². The molecule has 2 aromatic carbocycles. The fourth-order valence-corrected chi connectivity index (χ4v) is 4.75. The zero-order chi connectivity index (χ0) is 24.2. The van der Waals surface area contributed by atoms with Crippen LogP contribution in [0.15, 0.2) is 53.7 Å². The largest absolute Gasteiger partial charge is 0.493 e. The molecule has 180 valence electrons. The van der Waals surface area contributed by atoms with Gasteiger partial charge in [-0.05, 0) is 60.6 Å². The second-order valence-corrected chi connectivity index (χ2v) is 9.34. The van der Waals surface area contributed by atoms with E-state index in [4.69, 9.17) is 14.2 Å². The summed E-state index contributed by atoms with van der Waals surface area (Å²) in [5.41, 5.74) is 3.46. The maximum atomic E-state index is 13.4. The van der Waals surface area contributed by atoms with Crippen molar-refractivity contribution in [1.29, 1.82) is 0 Å². The van der Waals surface area contributed by atoms with Gasteiger partial charge >= 0.3 is 0 Å². The van der Waals surface area contributed by atoms with E-state index in [1.165, 1.54) is 0 Å². The highest BCUT2D eigenvalue weighted by Gasteiger charge is 2.38. The lowest BCUT2D eigenvalue weighted by Crippen LogP contribution is -2.38. The van der Waals surface area contributed by atoms with Crippen LogP contribution >= 0.6 is 0 Å². The number of hydrogen-bond donors (Lipinski definition) is 1. The molecule has 1 aliphatic heterocycles. The molecule has 2 atom stereocenters. The lowest BCUT2D eigenvalue weighted by atomic mass is 9.73.